The molecule has 1 heterocycles. The van der Waals surface area contributed by atoms with Crippen LogP contribution in [0, 0.1) is 5.92 Å². The van der Waals surface area contributed by atoms with Crippen LogP contribution in [0.3, 0.4) is 0 Å². The van der Waals surface area contributed by atoms with Crippen molar-refractivity contribution in [2.45, 2.75) is 20.3 Å². The van der Waals surface area contributed by atoms with Crippen molar-refractivity contribution in [3.63, 3.8) is 0 Å². The molecule has 0 aromatic heterocycles. The molecule has 64 valence electrons. The molecule has 0 atom stereocenters. The molecule has 0 radical (unpaired) electrons. The molecule has 0 aromatic carbocycles. The fraction of sp³-hybridized carbons (Fsp3) is 0.500. The van der Waals surface area contributed by atoms with Gasteiger partial charge in [-0.1, -0.05) is 19.9 Å². The molecule has 1 aliphatic rings. The van der Waals surface area contributed by atoms with Gasteiger partial charge in [-0.15, -0.1) is 0 Å². The predicted octanol–water partition coefficient (Wildman–Crippen LogP) is 0.126. The average Bonchev–Trinajstić information content (AvgIpc) is 2.09. The Kier molecular flexibility index (Phi) is 5.32. The number of esters is 2. The Labute approximate surface area is 108 Å². The van der Waals surface area contributed by atoms with Crippen molar-refractivity contribution < 1.29 is 14.3 Å². The minimum absolute atomic E-state index is 0. The van der Waals surface area contributed by atoms with Crippen LogP contribution in [0.1, 0.15) is 20.3 Å². The first-order chi connectivity index (χ1) is 5.09. The molecule has 1 fully saturated rings. The van der Waals surface area contributed by atoms with Gasteiger partial charge in [-0.25, -0.2) is 4.79 Å². The first kappa shape index (κ1) is 12.4. The van der Waals surface area contributed by atoms with Gasteiger partial charge < -0.3 is 4.74 Å². The van der Waals surface area contributed by atoms with Crippen molar-refractivity contribution >= 4 is 57.4 Å². The van der Waals surface area contributed by atoms with Crippen LogP contribution in [0.2, 0.25) is 0 Å². The molecule has 4 heteroatoms. The van der Waals surface area contributed by atoms with Crippen molar-refractivity contribution in [3.8, 4) is 0 Å². The molecule has 0 saturated carbocycles. The summed E-state index contributed by atoms with van der Waals surface area (Å²) >= 11 is 0. The van der Waals surface area contributed by atoms with Crippen molar-refractivity contribution in [3.05, 3.63) is 11.6 Å². The van der Waals surface area contributed by atoms with E-state index < -0.39 is 11.9 Å². The van der Waals surface area contributed by atoms with Crippen LogP contribution in [-0.2, 0) is 14.3 Å². The van der Waals surface area contributed by atoms with Crippen LogP contribution < -0.4 is 0 Å². The molecule has 1 aliphatic heterocycles. The molecule has 0 N–H and O–H groups in total. The second kappa shape index (κ2) is 5.17. The third-order valence-corrected chi connectivity index (χ3v) is 1.34. The summed E-state index contributed by atoms with van der Waals surface area (Å²) in [5.41, 5.74) is 0.491. The second-order valence-corrected chi connectivity index (χ2v) is 2.87. The fourth-order valence-electron chi connectivity index (χ4n) is 0.962. The summed E-state index contributed by atoms with van der Waals surface area (Å²) in [7, 11) is 0. The summed E-state index contributed by atoms with van der Waals surface area (Å²) in [4.78, 5) is 21.4. The van der Waals surface area contributed by atoms with E-state index in [2.05, 4.69) is 4.74 Å². The quantitative estimate of drug-likeness (QED) is 0.285. The fourth-order valence-corrected chi connectivity index (χ4v) is 0.962. The topological polar surface area (TPSA) is 43.4 Å². The Balaban J connectivity index is 0.00000121. The summed E-state index contributed by atoms with van der Waals surface area (Å²) in [5.74, 6) is -0.644. The third kappa shape index (κ3) is 3.39. The maximum atomic E-state index is 10.8. The van der Waals surface area contributed by atoms with Gasteiger partial charge in [-0.2, -0.15) is 0 Å². The number of allylic oxidation sites excluding steroid dienone is 1. The van der Waals surface area contributed by atoms with Crippen LogP contribution in [-0.4, -0.2) is 57.4 Å². The van der Waals surface area contributed by atoms with Crippen LogP contribution in [0.25, 0.3) is 0 Å². The number of ether oxygens (including phenoxy) is 1. The molecule has 12 heavy (non-hydrogen) atoms. The number of carbonyl (C=O) groups excluding carboxylic acids is 2. The van der Waals surface area contributed by atoms with E-state index >= 15 is 0 Å². The van der Waals surface area contributed by atoms with Crippen molar-refractivity contribution in [1.82, 2.24) is 0 Å². The Bertz CT molecular complexity index is 230. The number of carbonyl (C=O) groups is 2. The Hall–Kier alpha value is 0.361. The number of rotatable bonds is 1. The van der Waals surface area contributed by atoms with Crippen molar-refractivity contribution in [2.75, 3.05) is 0 Å². The molecule has 1 saturated heterocycles. The first-order valence-corrected chi connectivity index (χ1v) is 3.55. The molecule has 0 aliphatic carbocycles. The molecule has 0 bridgehead atoms. The van der Waals surface area contributed by atoms with E-state index in [0.29, 0.717) is 5.57 Å². The van der Waals surface area contributed by atoms with E-state index in [1.54, 1.807) is 6.08 Å². The van der Waals surface area contributed by atoms with E-state index in [4.69, 9.17) is 0 Å². The van der Waals surface area contributed by atoms with Crippen LogP contribution >= 0.6 is 0 Å². The maximum absolute atomic E-state index is 10.8. The Morgan fingerprint density at radius 2 is 2.00 bits per heavy atom. The van der Waals surface area contributed by atoms with Crippen LogP contribution in [0.4, 0.5) is 0 Å². The number of hydrogen-bond donors (Lipinski definition) is 0. The van der Waals surface area contributed by atoms with E-state index in [0.717, 1.165) is 0 Å². The van der Waals surface area contributed by atoms with E-state index in [1.165, 1.54) is 0 Å². The Morgan fingerprint density at radius 1 is 1.42 bits per heavy atom. The molecule has 1 rings (SSSR count). The molecule has 0 aromatic rings. The molecule has 0 amide bonds. The predicted molar refractivity (Wildman–Crippen MR) is 47.2 cm³/mol. The zero-order valence-corrected chi connectivity index (χ0v) is 6.59. The number of cyclic esters (lactones) is 2. The molecule has 3 nitrogen and oxygen atoms in total. The van der Waals surface area contributed by atoms with Gasteiger partial charge in [0.15, 0.2) is 0 Å². The van der Waals surface area contributed by atoms with Gasteiger partial charge in [-0.3, -0.25) is 4.79 Å². The summed E-state index contributed by atoms with van der Waals surface area (Å²) in [5, 5.41) is 0. The molecule has 0 spiro atoms. The summed E-state index contributed by atoms with van der Waals surface area (Å²) in [6, 6.07) is 0. The van der Waals surface area contributed by atoms with Gasteiger partial charge in [0.1, 0.15) is 0 Å². The molecular formula is C8H12O3Sr. The van der Waals surface area contributed by atoms with Crippen molar-refractivity contribution in [1.29, 1.82) is 0 Å². The van der Waals surface area contributed by atoms with Gasteiger partial charge in [0, 0.05) is 5.57 Å². The summed E-state index contributed by atoms with van der Waals surface area (Å²) in [6.07, 6.45) is 1.89. The Morgan fingerprint density at radius 3 is 2.33 bits per heavy atom. The zero-order valence-electron chi connectivity index (χ0n) is 6.59. The average molecular weight is 244 g/mol. The van der Waals surface area contributed by atoms with Gasteiger partial charge in [0.05, 0.1) is 6.42 Å². The van der Waals surface area contributed by atoms with E-state index in [9.17, 15) is 9.59 Å². The summed E-state index contributed by atoms with van der Waals surface area (Å²) < 4.78 is 4.33. The van der Waals surface area contributed by atoms with Gasteiger partial charge >= 0.3 is 57.4 Å². The number of hydrogen-bond acceptors (Lipinski definition) is 3. The van der Waals surface area contributed by atoms with Gasteiger partial charge in [0.2, 0.25) is 0 Å². The second-order valence-electron chi connectivity index (χ2n) is 2.87. The third-order valence-electron chi connectivity index (χ3n) is 1.34. The molecular weight excluding hydrogens is 232 g/mol. The van der Waals surface area contributed by atoms with Crippen LogP contribution in [0.15, 0.2) is 11.6 Å². The normalized spacial score (nSPS) is 19.8. The molecule has 0 unspecified atom stereocenters. The van der Waals surface area contributed by atoms with Gasteiger partial charge in [0.25, 0.3) is 0 Å². The SMILES string of the molecule is CC(C)C=C1CC(=O)OC1=O.[SrH2]. The minimum atomic E-state index is -0.483. The van der Waals surface area contributed by atoms with E-state index in [1.807, 2.05) is 13.8 Å². The van der Waals surface area contributed by atoms with Crippen molar-refractivity contribution in [2.24, 2.45) is 5.92 Å². The standard InChI is InChI=1S/C8H10O3.Sr.2H/c1-5(2)3-6-4-7(9)11-8(6)10;;;/h3,5H,4H2,1-2H3;;;. The summed E-state index contributed by atoms with van der Waals surface area (Å²) in [6.45, 7) is 3.89. The van der Waals surface area contributed by atoms with Crippen LogP contribution in [0.5, 0.6) is 0 Å². The van der Waals surface area contributed by atoms with Gasteiger partial charge in [-0.05, 0) is 5.92 Å². The first-order valence-electron chi connectivity index (χ1n) is 3.55. The van der Waals surface area contributed by atoms with E-state index in [-0.39, 0.29) is 57.8 Å². The monoisotopic (exact) mass is 244 g/mol. The zero-order chi connectivity index (χ0) is 8.43.